The van der Waals surface area contributed by atoms with Crippen LogP contribution in [0.5, 0.6) is 0 Å². The van der Waals surface area contributed by atoms with E-state index in [0.717, 1.165) is 38.8 Å². The van der Waals surface area contributed by atoms with Crippen LogP contribution in [0.4, 0.5) is 0 Å². The van der Waals surface area contributed by atoms with Gasteiger partial charge >= 0.3 is 0 Å². The molecule has 2 heterocycles. The molecule has 106 valence electrons. The highest BCUT2D eigenvalue weighted by Crippen LogP contribution is 2.19. The standard InChI is InChI=1S/C14H29N3O/c1-13(14-3-6-16(2)7-4-14)15-5-8-17-9-11-18-12-10-17/h13-15H,3-12H2,1-2H3. The SMILES string of the molecule is CC(NCCN1CCOCC1)C1CCN(C)CC1. The molecule has 0 spiro atoms. The molecule has 0 aromatic heterocycles. The molecule has 18 heavy (non-hydrogen) atoms. The molecule has 1 N–H and O–H groups in total. The van der Waals surface area contributed by atoms with Crippen molar-refractivity contribution in [2.45, 2.75) is 25.8 Å². The highest BCUT2D eigenvalue weighted by atomic mass is 16.5. The molecule has 0 aromatic carbocycles. The van der Waals surface area contributed by atoms with Gasteiger partial charge in [-0.1, -0.05) is 0 Å². The van der Waals surface area contributed by atoms with Crippen molar-refractivity contribution in [3.8, 4) is 0 Å². The predicted octanol–water partition coefficient (Wildman–Crippen LogP) is 0.639. The van der Waals surface area contributed by atoms with Crippen molar-refractivity contribution in [3.63, 3.8) is 0 Å². The molecule has 1 unspecified atom stereocenters. The van der Waals surface area contributed by atoms with E-state index in [1.54, 1.807) is 0 Å². The number of hydrogen-bond acceptors (Lipinski definition) is 4. The number of morpholine rings is 1. The van der Waals surface area contributed by atoms with E-state index >= 15 is 0 Å². The van der Waals surface area contributed by atoms with Gasteiger partial charge < -0.3 is 15.0 Å². The second kappa shape index (κ2) is 7.43. The van der Waals surface area contributed by atoms with Crippen LogP contribution >= 0.6 is 0 Å². The lowest BCUT2D eigenvalue weighted by Gasteiger charge is -2.34. The van der Waals surface area contributed by atoms with Gasteiger partial charge in [0, 0.05) is 32.2 Å². The van der Waals surface area contributed by atoms with E-state index in [-0.39, 0.29) is 0 Å². The monoisotopic (exact) mass is 255 g/mol. The van der Waals surface area contributed by atoms with E-state index in [4.69, 9.17) is 4.74 Å². The fourth-order valence-electron chi connectivity index (χ4n) is 2.97. The second-order valence-electron chi connectivity index (χ2n) is 5.84. The number of piperidine rings is 1. The average Bonchev–Trinajstić information content (AvgIpc) is 2.40. The predicted molar refractivity (Wildman–Crippen MR) is 74.9 cm³/mol. The van der Waals surface area contributed by atoms with Gasteiger partial charge in [-0.25, -0.2) is 0 Å². The van der Waals surface area contributed by atoms with Gasteiger partial charge in [-0.3, -0.25) is 4.90 Å². The van der Waals surface area contributed by atoms with Crippen LogP contribution in [0.3, 0.4) is 0 Å². The summed E-state index contributed by atoms with van der Waals surface area (Å²) in [7, 11) is 2.23. The van der Waals surface area contributed by atoms with Gasteiger partial charge in [0.15, 0.2) is 0 Å². The lowest BCUT2D eigenvalue weighted by atomic mass is 9.90. The lowest BCUT2D eigenvalue weighted by Crippen LogP contribution is -2.45. The summed E-state index contributed by atoms with van der Waals surface area (Å²) in [5.41, 5.74) is 0. The molecule has 2 rings (SSSR count). The van der Waals surface area contributed by atoms with Crippen molar-refractivity contribution in [2.75, 3.05) is 59.5 Å². The number of ether oxygens (including phenoxy) is 1. The zero-order valence-corrected chi connectivity index (χ0v) is 12.0. The Kier molecular flexibility index (Phi) is 5.89. The van der Waals surface area contributed by atoms with Crippen molar-refractivity contribution >= 4 is 0 Å². The highest BCUT2D eigenvalue weighted by molar-refractivity contribution is 4.78. The summed E-state index contributed by atoms with van der Waals surface area (Å²) in [5.74, 6) is 0.867. The van der Waals surface area contributed by atoms with Crippen LogP contribution in [-0.4, -0.2) is 75.4 Å². The number of likely N-dealkylation sites (tertiary alicyclic amines) is 1. The van der Waals surface area contributed by atoms with Crippen molar-refractivity contribution < 1.29 is 4.74 Å². The quantitative estimate of drug-likeness (QED) is 0.780. The Bertz CT molecular complexity index is 223. The summed E-state index contributed by atoms with van der Waals surface area (Å²) >= 11 is 0. The maximum Gasteiger partial charge on any atom is 0.0594 e. The normalized spacial score (nSPS) is 26.3. The smallest absolute Gasteiger partial charge is 0.0594 e. The van der Waals surface area contributed by atoms with Crippen LogP contribution in [0, 0.1) is 5.92 Å². The Balaban J connectivity index is 1.57. The van der Waals surface area contributed by atoms with E-state index in [1.165, 1.54) is 32.5 Å². The number of nitrogens with one attached hydrogen (secondary N) is 1. The summed E-state index contributed by atoms with van der Waals surface area (Å²) in [4.78, 5) is 4.94. The van der Waals surface area contributed by atoms with Crippen LogP contribution in [-0.2, 0) is 4.74 Å². The summed E-state index contributed by atoms with van der Waals surface area (Å²) < 4.78 is 5.37. The third-order valence-corrected chi connectivity index (χ3v) is 4.47. The zero-order chi connectivity index (χ0) is 12.8. The van der Waals surface area contributed by atoms with E-state index in [0.29, 0.717) is 6.04 Å². The topological polar surface area (TPSA) is 27.7 Å². The molecule has 1 atom stereocenters. The van der Waals surface area contributed by atoms with Gasteiger partial charge in [-0.05, 0) is 45.8 Å². The minimum atomic E-state index is 0.666. The van der Waals surface area contributed by atoms with Crippen LogP contribution in [0.15, 0.2) is 0 Å². The van der Waals surface area contributed by atoms with Crippen molar-refractivity contribution in [3.05, 3.63) is 0 Å². The third kappa shape index (κ3) is 4.50. The van der Waals surface area contributed by atoms with Crippen molar-refractivity contribution in [1.29, 1.82) is 0 Å². The third-order valence-electron chi connectivity index (χ3n) is 4.47. The van der Waals surface area contributed by atoms with Crippen LogP contribution < -0.4 is 5.32 Å². The molecule has 2 saturated heterocycles. The molecule has 0 radical (unpaired) electrons. The van der Waals surface area contributed by atoms with Crippen LogP contribution in [0.1, 0.15) is 19.8 Å². The minimum Gasteiger partial charge on any atom is -0.379 e. The number of nitrogens with zero attached hydrogens (tertiary/aromatic N) is 2. The maximum atomic E-state index is 5.37. The molecule has 2 aliphatic rings. The van der Waals surface area contributed by atoms with Gasteiger partial charge in [0.1, 0.15) is 0 Å². The molecule has 0 aromatic rings. The van der Waals surface area contributed by atoms with Gasteiger partial charge in [0.25, 0.3) is 0 Å². The van der Waals surface area contributed by atoms with E-state index in [2.05, 4.69) is 29.1 Å². The summed E-state index contributed by atoms with van der Waals surface area (Å²) in [5, 5.41) is 3.71. The van der Waals surface area contributed by atoms with Crippen LogP contribution in [0.2, 0.25) is 0 Å². The first-order valence-electron chi connectivity index (χ1n) is 7.48. The first kappa shape index (κ1) is 14.3. The molecule has 2 aliphatic heterocycles. The van der Waals surface area contributed by atoms with Gasteiger partial charge in [0.2, 0.25) is 0 Å². The average molecular weight is 255 g/mol. The minimum absolute atomic E-state index is 0.666. The summed E-state index contributed by atoms with van der Waals surface area (Å²) in [6, 6.07) is 0.666. The van der Waals surface area contributed by atoms with Crippen molar-refractivity contribution in [1.82, 2.24) is 15.1 Å². The first-order valence-corrected chi connectivity index (χ1v) is 7.48. The van der Waals surface area contributed by atoms with Gasteiger partial charge in [-0.15, -0.1) is 0 Å². The Labute approximate surface area is 112 Å². The second-order valence-corrected chi connectivity index (χ2v) is 5.84. The van der Waals surface area contributed by atoms with E-state index < -0.39 is 0 Å². The number of hydrogen-bond donors (Lipinski definition) is 1. The molecular formula is C14H29N3O. The Morgan fingerprint density at radius 1 is 1.17 bits per heavy atom. The summed E-state index contributed by atoms with van der Waals surface area (Å²) in [6.45, 7) is 11.2. The molecule has 2 fully saturated rings. The Hall–Kier alpha value is -0.160. The van der Waals surface area contributed by atoms with Crippen molar-refractivity contribution in [2.24, 2.45) is 5.92 Å². The molecule has 0 amide bonds. The molecular weight excluding hydrogens is 226 g/mol. The first-order chi connectivity index (χ1) is 8.75. The lowest BCUT2D eigenvalue weighted by molar-refractivity contribution is 0.0377. The fourth-order valence-corrected chi connectivity index (χ4v) is 2.97. The van der Waals surface area contributed by atoms with Gasteiger partial charge in [0.05, 0.1) is 13.2 Å². The molecule has 0 bridgehead atoms. The molecule has 4 heteroatoms. The maximum absolute atomic E-state index is 5.37. The fraction of sp³-hybridized carbons (Fsp3) is 1.00. The zero-order valence-electron chi connectivity index (χ0n) is 12.0. The Morgan fingerprint density at radius 3 is 2.50 bits per heavy atom. The van der Waals surface area contributed by atoms with E-state index in [1.807, 2.05) is 0 Å². The van der Waals surface area contributed by atoms with Gasteiger partial charge in [-0.2, -0.15) is 0 Å². The molecule has 0 saturated carbocycles. The highest BCUT2D eigenvalue weighted by Gasteiger charge is 2.21. The van der Waals surface area contributed by atoms with E-state index in [9.17, 15) is 0 Å². The van der Waals surface area contributed by atoms with Crippen LogP contribution in [0.25, 0.3) is 0 Å². The number of rotatable bonds is 5. The molecule has 4 nitrogen and oxygen atoms in total. The largest absolute Gasteiger partial charge is 0.379 e. The summed E-state index contributed by atoms with van der Waals surface area (Å²) in [6.07, 6.45) is 2.70. The molecule has 0 aliphatic carbocycles. The Morgan fingerprint density at radius 2 is 1.83 bits per heavy atom.